The summed E-state index contributed by atoms with van der Waals surface area (Å²) in [7, 11) is -18.4. The minimum atomic E-state index is -4.60. The highest BCUT2D eigenvalue weighted by Gasteiger charge is 2.37. The molecule has 0 heterocycles. The minimum absolute atomic E-state index is 0.170. The Hall–Kier alpha value is 0.520. The van der Waals surface area contributed by atoms with Crippen molar-refractivity contribution in [2.24, 2.45) is 0 Å². The average Bonchev–Trinajstić information content (AvgIpc) is 2.40. The third kappa shape index (κ3) is 11.6. The molecule has 18 heteroatoms. The van der Waals surface area contributed by atoms with E-state index in [9.17, 15) is 18.3 Å². The van der Waals surface area contributed by atoms with Gasteiger partial charge in [0.25, 0.3) is 0 Å². The van der Waals surface area contributed by atoms with Gasteiger partial charge in [0.15, 0.2) is 0 Å². The van der Waals surface area contributed by atoms with Crippen LogP contribution < -0.4 is 0 Å². The summed E-state index contributed by atoms with van der Waals surface area (Å²) in [6, 6.07) is -1.22. The van der Waals surface area contributed by atoms with Crippen LogP contribution in [0.2, 0.25) is 0 Å². The molecule has 8 N–H and O–H groups in total. The lowest BCUT2D eigenvalue weighted by Crippen LogP contribution is -2.45. The maximum Gasteiger partial charge on any atom is 0.339 e. The van der Waals surface area contributed by atoms with Gasteiger partial charge < -0.3 is 39.1 Å². The summed E-state index contributed by atoms with van der Waals surface area (Å²) in [6.07, 6.45) is -2.76. The normalized spacial score (nSPS) is 22.8. The van der Waals surface area contributed by atoms with Crippen molar-refractivity contribution in [2.75, 3.05) is 25.1 Å². The number of hydrogen-bond donors (Lipinski definition) is 8. The molecule has 0 radical (unpaired) electrons. The Morgan fingerprint density at radius 3 is 0.821 bits per heavy atom. The molecule has 1 fully saturated rings. The van der Waals surface area contributed by atoms with Crippen LogP contribution in [0.25, 0.3) is 0 Å². The highest BCUT2D eigenvalue weighted by Crippen LogP contribution is 2.46. The first-order valence-corrected chi connectivity index (χ1v) is 15.2. The maximum atomic E-state index is 11.3. The van der Waals surface area contributed by atoms with Crippen molar-refractivity contribution in [1.29, 1.82) is 0 Å². The molecule has 0 aromatic carbocycles. The van der Waals surface area contributed by atoms with E-state index in [-0.39, 0.29) is 25.7 Å². The monoisotopic (exact) mass is 490 g/mol. The summed E-state index contributed by atoms with van der Waals surface area (Å²) in [5.41, 5.74) is 0. The van der Waals surface area contributed by atoms with Gasteiger partial charge in [-0.3, -0.25) is 28.1 Å². The fraction of sp³-hybridized carbons (Fsp3) is 1.00. The molecular weight excluding hydrogens is 464 g/mol. The van der Waals surface area contributed by atoms with Gasteiger partial charge in [0.2, 0.25) is 0 Å². The molecule has 1 aliphatic rings. The molecule has 0 atom stereocenters. The summed E-state index contributed by atoms with van der Waals surface area (Å²) >= 11 is 0. The van der Waals surface area contributed by atoms with Gasteiger partial charge in [-0.05, 0) is 25.7 Å². The zero-order chi connectivity index (χ0) is 22.0. The molecule has 1 rings (SSSR count). The molecule has 0 unspecified atom stereocenters. The predicted octanol–water partition coefficient (Wildman–Crippen LogP) is -0.558. The molecule has 0 spiro atoms. The maximum absolute atomic E-state index is 11.3. The van der Waals surface area contributed by atoms with Gasteiger partial charge >= 0.3 is 30.4 Å². The van der Waals surface area contributed by atoms with E-state index < -0.39 is 67.6 Å². The van der Waals surface area contributed by atoms with Crippen LogP contribution in [-0.4, -0.2) is 86.2 Å². The molecule has 0 bridgehead atoms. The number of nitrogens with zero attached hydrogens (tertiary/aromatic N) is 2. The van der Waals surface area contributed by atoms with Crippen LogP contribution in [0.3, 0.4) is 0 Å². The van der Waals surface area contributed by atoms with Crippen LogP contribution in [0, 0.1) is 0 Å². The Labute approximate surface area is 161 Å². The predicted molar refractivity (Wildman–Crippen MR) is 97.4 cm³/mol. The summed E-state index contributed by atoms with van der Waals surface area (Å²) in [5, 5.41) is 0. The van der Waals surface area contributed by atoms with E-state index in [1.807, 2.05) is 0 Å². The second-order valence-electron chi connectivity index (χ2n) is 6.86. The molecule has 0 aromatic rings. The van der Waals surface area contributed by atoms with Gasteiger partial charge in [-0.2, -0.15) is 0 Å². The first kappa shape index (κ1) is 26.6. The van der Waals surface area contributed by atoms with E-state index >= 15 is 0 Å². The topological polar surface area (TPSA) is 237 Å². The Balaban J connectivity index is 2.87. The van der Waals surface area contributed by atoms with Gasteiger partial charge in [0.05, 0.1) is 0 Å². The number of hydrogen-bond acceptors (Lipinski definition) is 6. The fourth-order valence-electron chi connectivity index (χ4n) is 3.29. The minimum Gasteiger partial charge on any atom is -0.324 e. The van der Waals surface area contributed by atoms with Gasteiger partial charge in [-0.25, -0.2) is 0 Å². The Morgan fingerprint density at radius 2 is 0.679 bits per heavy atom. The van der Waals surface area contributed by atoms with E-state index in [0.29, 0.717) is 0 Å². The van der Waals surface area contributed by atoms with E-state index in [0.717, 1.165) is 9.80 Å². The first-order chi connectivity index (χ1) is 12.3. The van der Waals surface area contributed by atoms with Crippen LogP contribution in [0.1, 0.15) is 25.7 Å². The highest BCUT2D eigenvalue weighted by atomic mass is 31.2. The summed E-state index contributed by atoms with van der Waals surface area (Å²) in [5.74, 6) is 0. The van der Waals surface area contributed by atoms with Crippen molar-refractivity contribution in [3.63, 3.8) is 0 Å². The van der Waals surface area contributed by atoms with Crippen molar-refractivity contribution in [3.05, 3.63) is 0 Å². The lowest BCUT2D eigenvalue weighted by molar-refractivity contribution is 0.119. The molecule has 14 nitrogen and oxygen atoms in total. The third-order valence-corrected chi connectivity index (χ3v) is 7.09. The SMILES string of the molecule is O=P(O)(O)CN(CP(=O)(O)O)C1CCC(N(CP(=O)(O)O)CP(=O)(O)O)CC1. The van der Waals surface area contributed by atoms with Crippen molar-refractivity contribution in [1.82, 2.24) is 9.80 Å². The zero-order valence-corrected chi connectivity index (χ0v) is 18.3. The van der Waals surface area contributed by atoms with E-state index in [4.69, 9.17) is 39.1 Å². The molecule has 0 saturated heterocycles. The Morgan fingerprint density at radius 1 is 0.500 bits per heavy atom. The Bertz CT molecular complexity index is 593. The fourth-order valence-corrected chi connectivity index (χ4v) is 6.82. The molecule has 0 aliphatic heterocycles. The molecular formula is C10H26N2O12P4. The lowest BCUT2D eigenvalue weighted by atomic mass is 9.90. The van der Waals surface area contributed by atoms with E-state index in [2.05, 4.69) is 0 Å². The molecule has 168 valence electrons. The van der Waals surface area contributed by atoms with Crippen LogP contribution in [0.5, 0.6) is 0 Å². The van der Waals surface area contributed by atoms with Crippen LogP contribution in [0.15, 0.2) is 0 Å². The summed E-state index contributed by atoms with van der Waals surface area (Å²) in [4.78, 5) is 75.2. The van der Waals surface area contributed by atoms with Gasteiger partial charge in [-0.1, -0.05) is 0 Å². The molecule has 1 aliphatic carbocycles. The smallest absolute Gasteiger partial charge is 0.324 e. The van der Waals surface area contributed by atoms with Gasteiger partial charge in [0.1, 0.15) is 25.1 Å². The molecule has 28 heavy (non-hydrogen) atoms. The largest absolute Gasteiger partial charge is 0.339 e. The van der Waals surface area contributed by atoms with Crippen molar-refractivity contribution in [3.8, 4) is 0 Å². The standard InChI is InChI=1S/C10H26N2O12P4/c13-25(14,15)5-11(6-26(16,17)18)9-1-2-10(4-3-9)12(7-27(19,20)21)8-28(22,23)24/h9-10H,1-8H2,(H2,13,14,15)(H2,16,17,18)(H2,19,20,21)(H2,22,23,24). The molecule has 1 saturated carbocycles. The molecule has 0 aromatic heterocycles. The third-order valence-electron chi connectivity index (χ3n) is 4.16. The summed E-state index contributed by atoms with van der Waals surface area (Å²) in [6.45, 7) is 0. The highest BCUT2D eigenvalue weighted by molar-refractivity contribution is 7.53. The zero-order valence-electron chi connectivity index (χ0n) is 14.7. The second-order valence-corrected chi connectivity index (χ2v) is 13.3. The van der Waals surface area contributed by atoms with Crippen LogP contribution in [0.4, 0.5) is 0 Å². The summed E-state index contributed by atoms with van der Waals surface area (Å²) < 4.78 is 45.1. The lowest BCUT2D eigenvalue weighted by Gasteiger charge is -2.40. The van der Waals surface area contributed by atoms with Crippen molar-refractivity contribution in [2.45, 2.75) is 37.8 Å². The second kappa shape index (κ2) is 9.77. The van der Waals surface area contributed by atoms with Crippen molar-refractivity contribution >= 4 is 30.4 Å². The molecule has 0 amide bonds. The van der Waals surface area contributed by atoms with E-state index in [1.165, 1.54) is 0 Å². The van der Waals surface area contributed by atoms with Crippen LogP contribution >= 0.6 is 30.4 Å². The average molecular weight is 490 g/mol. The van der Waals surface area contributed by atoms with Crippen molar-refractivity contribution < 1.29 is 57.4 Å². The first-order valence-electron chi connectivity index (χ1n) is 8.01. The van der Waals surface area contributed by atoms with E-state index in [1.54, 1.807) is 0 Å². The van der Waals surface area contributed by atoms with Gasteiger partial charge in [-0.15, -0.1) is 0 Å². The Kier molecular flexibility index (Phi) is 9.26. The quantitative estimate of drug-likeness (QED) is 0.179. The number of rotatable bonds is 10. The van der Waals surface area contributed by atoms with Gasteiger partial charge in [0, 0.05) is 12.1 Å². The van der Waals surface area contributed by atoms with Crippen LogP contribution in [-0.2, 0) is 18.3 Å².